The maximum Gasteiger partial charge on any atom is 0.0546 e. The number of rotatable bonds is 7. The van der Waals surface area contributed by atoms with E-state index in [4.69, 9.17) is 11.6 Å². The number of halogens is 1. The van der Waals surface area contributed by atoms with Crippen LogP contribution in [0.1, 0.15) is 17.7 Å². The molecule has 0 aliphatic carbocycles. The molecule has 2 aromatic heterocycles. The van der Waals surface area contributed by atoms with E-state index in [2.05, 4.69) is 23.0 Å². The Bertz CT molecular complexity index is 535. The smallest absolute Gasteiger partial charge is 0.0546 e. The largest absolute Gasteiger partial charge is 0.265 e. The third-order valence-corrected chi connectivity index (χ3v) is 5.36. The molecular formula is C15H17ClN2S2. The van der Waals surface area contributed by atoms with Gasteiger partial charge in [0.15, 0.2) is 0 Å². The lowest BCUT2D eigenvalue weighted by Crippen LogP contribution is -1.94. The first-order valence-electron chi connectivity index (χ1n) is 6.47. The number of nitrogens with zero attached hydrogens (tertiary/aromatic N) is 2. The number of aromatic nitrogens is 2. The Kier molecular flexibility index (Phi) is 6.70. The minimum absolute atomic E-state index is 0.724. The molecule has 0 N–H and O–H groups in total. The molecule has 5 heteroatoms. The van der Waals surface area contributed by atoms with Crippen molar-refractivity contribution in [1.29, 1.82) is 0 Å². The number of pyridine rings is 2. The van der Waals surface area contributed by atoms with Gasteiger partial charge in [0.2, 0.25) is 0 Å². The highest BCUT2D eigenvalue weighted by Gasteiger charge is 2.06. The summed E-state index contributed by atoms with van der Waals surface area (Å²) < 4.78 is 0. The van der Waals surface area contributed by atoms with Crippen molar-refractivity contribution in [3.05, 3.63) is 48.0 Å². The Morgan fingerprint density at radius 2 is 1.90 bits per heavy atom. The molecule has 0 aliphatic heterocycles. The molecule has 2 aromatic rings. The van der Waals surface area contributed by atoms with E-state index in [1.54, 1.807) is 11.8 Å². The Labute approximate surface area is 133 Å². The topological polar surface area (TPSA) is 25.8 Å². The number of hydrogen-bond acceptors (Lipinski definition) is 4. The molecule has 2 rings (SSSR count). The molecular weight excluding hydrogens is 308 g/mol. The molecule has 0 atom stereocenters. The van der Waals surface area contributed by atoms with E-state index in [9.17, 15) is 0 Å². The van der Waals surface area contributed by atoms with Crippen LogP contribution in [0.2, 0.25) is 0 Å². The fourth-order valence-corrected chi connectivity index (χ4v) is 3.88. The molecule has 0 spiro atoms. The first-order valence-corrected chi connectivity index (χ1v) is 8.98. The summed E-state index contributed by atoms with van der Waals surface area (Å²) in [6.07, 6.45) is 6.58. The first-order chi connectivity index (χ1) is 9.81. The second kappa shape index (κ2) is 8.55. The van der Waals surface area contributed by atoms with Gasteiger partial charge in [-0.15, -0.1) is 35.1 Å². The minimum atomic E-state index is 0.724. The molecule has 2 heterocycles. The van der Waals surface area contributed by atoms with Gasteiger partial charge in [0.05, 0.1) is 5.69 Å². The van der Waals surface area contributed by atoms with Crippen LogP contribution in [0.25, 0.3) is 0 Å². The van der Waals surface area contributed by atoms with Gasteiger partial charge in [-0.1, -0.05) is 0 Å². The van der Waals surface area contributed by atoms with E-state index in [-0.39, 0.29) is 0 Å². The fourth-order valence-electron chi connectivity index (χ4n) is 1.68. The molecule has 0 amide bonds. The van der Waals surface area contributed by atoms with Gasteiger partial charge in [-0.25, -0.2) is 0 Å². The number of alkyl halides is 1. The van der Waals surface area contributed by atoms with Crippen molar-refractivity contribution in [3.63, 3.8) is 0 Å². The number of thioether (sulfide) groups is 2. The van der Waals surface area contributed by atoms with Gasteiger partial charge >= 0.3 is 0 Å². The summed E-state index contributed by atoms with van der Waals surface area (Å²) in [6, 6.07) is 6.15. The van der Waals surface area contributed by atoms with E-state index in [1.807, 2.05) is 42.5 Å². The Balaban J connectivity index is 1.99. The van der Waals surface area contributed by atoms with E-state index in [0.717, 1.165) is 29.5 Å². The van der Waals surface area contributed by atoms with Gasteiger partial charge < -0.3 is 0 Å². The molecule has 20 heavy (non-hydrogen) atoms. The Morgan fingerprint density at radius 1 is 1.10 bits per heavy atom. The van der Waals surface area contributed by atoms with Crippen molar-refractivity contribution in [2.24, 2.45) is 0 Å². The predicted molar refractivity (Wildman–Crippen MR) is 88.8 cm³/mol. The summed E-state index contributed by atoms with van der Waals surface area (Å²) in [5, 5.41) is 0. The molecule has 0 bridgehead atoms. The summed E-state index contributed by atoms with van der Waals surface area (Å²) in [5.41, 5.74) is 2.44. The maximum atomic E-state index is 5.72. The van der Waals surface area contributed by atoms with Crippen LogP contribution in [0.15, 0.2) is 46.6 Å². The molecule has 0 unspecified atom stereocenters. The van der Waals surface area contributed by atoms with E-state index < -0.39 is 0 Å². The van der Waals surface area contributed by atoms with Gasteiger partial charge in [0.1, 0.15) is 0 Å². The van der Waals surface area contributed by atoms with E-state index in [1.165, 1.54) is 15.4 Å². The quantitative estimate of drug-likeness (QED) is 0.415. The fraction of sp³-hybridized carbons (Fsp3) is 0.333. The molecule has 0 aliphatic rings. The normalized spacial score (nSPS) is 10.7. The van der Waals surface area contributed by atoms with Crippen LogP contribution in [0.5, 0.6) is 0 Å². The van der Waals surface area contributed by atoms with Gasteiger partial charge in [-0.3, -0.25) is 9.97 Å². The molecule has 0 aromatic carbocycles. The average molecular weight is 325 g/mol. The summed E-state index contributed by atoms with van der Waals surface area (Å²) in [5.74, 6) is 2.67. The lowest BCUT2D eigenvalue weighted by atomic mass is 10.2. The predicted octanol–water partition coefficient (Wildman–Crippen LogP) is 4.80. The van der Waals surface area contributed by atoms with Crippen LogP contribution in [-0.2, 0) is 5.75 Å². The highest BCUT2D eigenvalue weighted by molar-refractivity contribution is 7.99. The zero-order valence-corrected chi connectivity index (χ0v) is 13.8. The van der Waals surface area contributed by atoms with Crippen molar-refractivity contribution in [2.45, 2.75) is 28.9 Å². The molecule has 0 radical (unpaired) electrons. The SMILES string of the molecule is Cc1c(SCCCCl)ccnc1CSc1ccncc1. The molecule has 106 valence electrons. The summed E-state index contributed by atoms with van der Waals surface area (Å²) in [6.45, 7) is 2.15. The number of hydrogen-bond donors (Lipinski definition) is 0. The van der Waals surface area contributed by atoms with Gasteiger partial charge in [0, 0.05) is 40.0 Å². The second-order valence-electron chi connectivity index (χ2n) is 4.24. The minimum Gasteiger partial charge on any atom is -0.265 e. The van der Waals surface area contributed by atoms with E-state index in [0.29, 0.717) is 0 Å². The molecule has 0 saturated heterocycles. The highest BCUT2D eigenvalue weighted by atomic mass is 35.5. The monoisotopic (exact) mass is 324 g/mol. The van der Waals surface area contributed by atoms with Gasteiger partial charge in [-0.05, 0) is 42.9 Å². The molecule has 0 fully saturated rings. The lowest BCUT2D eigenvalue weighted by molar-refractivity contribution is 1.07. The third kappa shape index (κ3) is 4.69. The standard InChI is InChI=1S/C15H17ClN2S2/c1-12-14(11-20-13-3-7-17-8-4-13)18-9-5-15(12)19-10-2-6-16/h3-5,7-9H,2,6,10-11H2,1H3. The lowest BCUT2D eigenvalue weighted by Gasteiger charge is -2.09. The van der Waals surface area contributed by atoms with Crippen LogP contribution in [0.4, 0.5) is 0 Å². The van der Waals surface area contributed by atoms with Gasteiger partial charge in [-0.2, -0.15) is 0 Å². The van der Waals surface area contributed by atoms with Crippen LogP contribution in [0.3, 0.4) is 0 Å². The van der Waals surface area contributed by atoms with Crippen molar-refractivity contribution in [2.75, 3.05) is 11.6 Å². The van der Waals surface area contributed by atoms with Crippen molar-refractivity contribution >= 4 is 35.1 Å². The third-order valence-electron chi connectivity index (χ3n) is 2.82. The Morgan fingerprint density at radius 3 is 2.65 bits per heavy atom. The van der Waals surface area contributed by atoms with Crippen LogP contribution in [0, 0.1) is 6.92 Å². The van der Waals surface area contributed by atoms with Crippen molar-refractivity contribution in [3.8, 4) is 0 Å². The maximum absolute atomic E-state index is 5.72. The van der Waals surface area contributed by atoms with Gasteiger partial charge in [0.25, 0.3) is 0 Å². The second-order valence-corrected chi connectivity index (χ2v) is 6.81. The van der Waals surface area contributed by atoms with Crippen molar-refractivity contribution in [1.82, 2.24) is 9.97 Å². The zero-order valence-electron chi connectivity index (χ0n) is 11.4. The highest BCUT2D eigenvalue weighted by Crippen LogP contribution is 2.28. The summed E-state index contributed by atoms with van der Waals surface area (Å²) in [7, 11) is 0. The Hall–Kier alpha value is -0.710. The van der Waals surface area contributed by atoms with Crippen LogP contribution >= 0.6 is 35.1 Å². The van der Waals surface area contributed by atoms with Crippen molar-refractivity contribution < 1.29 is 0 Å². The zero-order chi connectivity index (χ0) is 14.2. The molecule has 0 saturated carbocycles. The van der Waals surface area contributed by atoms with E-state index >= 15 is 0 Å². The summed E-state index contributed by atoms with van der Waals surface area (Å²) in [4.78, 5) is 11.1. The van der Waals surface area contributed by atoms with Crippen LogP contribution in [-0.4, -0.2) is 21.6 Å². The molecule has 2 nitrogen and oxygen atoms in total. The van der Waals surface area contributed by atoms with Crippen LogP contribution < -0.4 is 0 Å². The summed E-state index contributed by atoms with van der Waals surface area (Å²) >= 11 is 9.38. The average Bonchev–Trinajstić information content (AvgIpc) is 2.49. The first kappa shape index (κ1) is 15.7.